The third kappa shape index (κ3) is 2.32. The summed E-state index contributed by atoms with van der Waals surface area (Å²) >= 11 is 6.63. The monoisotopic (exact) mass is 331 g/mol. The van der Waals surface area contributed by atoms with Crippen LogP contribution in [-0.4, -0.2) is 4.57 Å². The van der Waals surface area contributed by atoms with Gasteiger partial charge in [0.1, 0.15) is 0 Å². The summed E-state index contributed by atoms with van der Waals surface area (Å²) in [6.07, 6.45) is 0. The average molecular weight is 332 g/mol. The molecular weight excluding hydrogens is 318 g/mol. The van der Waals surface area contributed by atoms with Gasteiger partial charge in [0, 0.05) is 11.1 Å². The van der Waals surface area contributed by atoms with Gasteiger partial charge in [-0.2, -0.15) is 0 Å². The molecule has 0 saturated carbocycles. The van der Waals surface area contributed by atoms with Crippen molar-refractivity contribution in [3.8, 4) is 16.8 Å². The molecular formula is C21H14ClNO. The standard InChI is InChI=1S/C21H14ClNO/c22-20-17-13-7-8-14-18(17)23(16-11-5-2-6-12-16)21(24)19(20)15-9-3-1-4-10-15/h1-14H. The predicted octanol–water partition coefficient (Wildman–Crippen LogP) is 5.31. The molecule has 0 radical (unpaired) electrons. The van der Waals surface area contributed by atoms with Gasteiger partial charge in [-0.25, -0.2) is 0 Å². The van der Waals surface area contributed by atoms with Gasteiger partial charge in [-0.1, -0.05) is 78.3 Å². The van der Waals surface area contributed by atoms with Crippen LogP contribution >= 0.6 is 11.6 Å². The Bertz CT molecular complexity index is 1070. The average Bonchev–Trinajstić information content (AvgIpc) is 2.64. The van der Waals surface area contributed by atoms with Crippen LogP contribution in [0.1, 0.15) is 0 Å². The van der Waals surface area contributed by atoms with E-state index in [1.165, 1.54) is 0 Å². The lowest BCUT2D eigenvalue weighted by molar-refractivity contribution is 1.05. The highest BCUT2D eigenvalue weighted by molar-refractivity contribution is 6.38. The van der Waals surface area contributed by atoms with Crippen molar-refractivity contribution < 1.29 is 0 Å². The number of pyridine rings is 1. The van der Waals surface area contributed by atoms with E-state index in [4.69, 9.17) is 11.6 Å². The molecule has 1 heterocycles. The first-order chi connectivity index (χ1) is 11.8. The quantitative estimate of drug-likeness (QED) is 0.488. The Morgan fingerprint density at radius 3 is 2.00 bits per heavy atom. The number of fused-ring (bicyclic) bond motifs is 1. The fourth-order valence-electron chi connectivity index (χ4n) is 2.99. The highest BCUT2D eigenvalue weighted by Gasteiger charge is 2.17. The largest absolute Gasteiger partial charge is 0.276 e. The Labute approximate surface area is 144 Å². The van der Waals surface area contributed by atoms with E-state index < -0.39 is 0 Å². The first-order valence-electron chi connectivity index (χ1n) is 7.71. The van der Waals surface area contributed by atoms with Crippen molar-refractivity contribution in [2.45, 2.75) is 0 Å². The van der Waals surface area contributed by atoms with Crippen molar-refractivity contribution in [1.82, 2.24) is 4.57 Å². The second-order valence-electron chi connectivity index (χ2n) is 5.55. The van der Waals surface area contributed by atoms with Crippen LogP contribution in [0.25, 0.3) is 27.7 Å². The van der Waals surface area contributed by atoms with Crippen molar-refractivity contribution in [3.63, 3.8) is 0 Å². The molecule has 3 heteroatoms. The normalized spacial score (nSPS) is 10.9. The van der Waals surface area contributed by atoms with E-state index in [9.17, 15) is 4.79 Å². The summed E-state index contributed by atoms with van der Waals surface area (Å²) in [4.78, 5) is 13.3. The Morgan fingerprint density at radius 2 is 1.29 bits per heavy atom. The zero-order chi connectivity index (χ0) is 16.5. The first kappa shape index (κ1) is 14.7. The summed E-state index contributed by atoms with van der Waals surface area (Å²) in [5.41, 5.74) is 2.87. The predicted molar refractivity (Wildman–Crippen MR) is 100.0 cm³/mol. The van der Waals surface area contributed by atoms with Gasteiger partial charge in [-0.05, 0) is 23.8 Å². The van der Waals surface area contributed by atoms with Crippen LogP contribution in [0.2, 0.25) is 5.02 Å². The van der Waals surface area contributed by atoms with E-state index in [1.807, 2.05) is 84.9 Å². The minimum atomic E-state index is -0.115. The van der Waals surface area contributed by atoms with Crippen LogP contribution < -0.4 is 5.56 Å². The van der Waals surface area contributed by atoms with E-state index in [-0.39, 0.29) is 5.56 Å². The molecule has 0 amide bonds. The van der Waals surface area contributed by atoms with Crippen molar-refractivity contribution in [2.24, 2.45) is 0 Å². The van der Waals surface area contributed by atoms with Gasteiger partial charge in [0.2, 0.25) is 0 Å². The molecule has 0 unspecified atom stereocenters. The van der Waals surface area contributed by atoms with Gasteiger partial charge < -0.3 is 0 Å². The van der Waals surface area contributed by atoms with Gasteiger partial charge in [-0.15, -0.1) is 0 Å². The lowest BCUT2D eigenvalue weighted by Gasteiger charge is -2.15. The molecule has 4 aromatic rings. The molecule has 0 aliphatic carbocycles. The van der Waals surface area contributed by atoms with Crippen LogP contribution in [0.5, 0.6) is 0 Å². The number of para-hydroxylation sites is 2. The molecule has 0 atom stereocenters. The first-order valence-corrected chi connectivity index (χ1v) is 8.09. The molecule has 0 N–H and O–H groups in total. The number of rotatable bonds is 2. The van der Waals surface area contributed by atoms with E-state index >= 15 is 0 Å². The maximum absolute atomic E-state index is 13.3. The van der Waals surface area contributed by atoms with Gasteiger partial charge in [-0.3, -0.25) is 9.36 Å². The Balaban J connectivity index is 2.18. The molecule has 1 aromatic heterocycles. The van der Waals surface area contributed by atoms with Crippen LogP contribution in [0.4, 0.5) is 0 Å². The summed E-state index contributed by atoms with van der Waals surface area (Å²) in [6.45, 7) is 0. The molecule has 116 valence electrons. The fourth-order valence-corrected chi connectivity index (χ4v) is 3.34. The number of benzene rings is 3. The summed E-state index contributed by atoms with van der Waals surface area (Å²) < 4.78 is 1.73. The smallest absolute Gasteiger partial charge is 0.265 e. The van der Waals surface area contributed by atoms with Crippen molar-refractivity contribution in [2.75, 3.05) is 0 Å². The maximum Gasteiger partial charge on any atom is 0.265 e. The van der Waals surface area contributed by atoms with Gasteiger partial charge in [0.05, 0.1) is 16.1 Å². The van der Waals surface area contributed by atoms with E-state index in [0.717, 1.165) is 22.2 Å². The molecule has 0 aliphatic heterocycles. The van der Waals surface area contributed by atoms with Gasteiger partial charge in [0.25, 0.3) is 5.56 Å². The maximum atomic E-state index is 13.3. The lowest BCUT2D eigenvalue weighted by Crippen LogP contribution is -2.21. The van der Waals surface area contributed by atoms with Crippen molar-refractivity contribution >= 4 is 22.5 Å². The minimum Gasteiger partial charge on any atom is -0.276 e. The molecule has 0 bridgehead atoms. The summed E-state index contributed by atoms with van der Waals surface area (Å²) in [5, 5.41) is 1.36. The molecule has 0 spiro atoms. The van der Waals surface area contributed by atoms with Crippen LogP contribution in [-0.2, 0) is 0 Å². The Morgan fingerprint density at radius 1 is 0.708 bits per heavy atom. The lowest BCUT2D eigenvalue weighted by atomic mass is 10.0. The fraction of sp³-hybridized carbons (Fsp3) is 0. The highest BCUT2D eigenvalue weighted by atomic mass is 35.5. The van der Waals surface area contributed by atoms with Crippen LogP contribution in [0, 0.1) is 0 Å². The van der Waals surface area contributed by atoms with Gasteiger partial charge >= 0.3 is 0 Å². The number of nitrogens with zero attached hydrogens (tertiary/aromatic N) is 1. The SMILES string of the molecule is O=c1c(-c2ccccc2)c(Cl)c2ccccc2n1-c1ccccc1. The Kier molecular flexibility index (Phi) is 3.68. The zero-order valence-corrected chi connectivity index (χ0v) is 13.6. The van der Waals surface area contributed by atoms with Crippen LogP contribution in [0.15, 0.2) is 89.7 Å². The molecule has 3 aromatic carbocycles. The van der Waals surface area contributed by atoms with Gasteiger partial charge in [0.15, 0.2) is 0 Å². The molecule has 0 fully saturated rings. The number of aromatic nitrogens is 1. The van der Waals surface area contributed by atoms with E-state index in [1.54, 1.807) is 4.57 Å². The number of hydrogen-bond acceptors (Lipinski definition) is 1. The van der Waals surface area contributed by atoms with E-state index in [0.29, 0.717) is 10.6 Å². The highest BCUT2D eigenvalue weighted by Crippen LogP contribution is 2.32. The molecule has 24 heavy (non-hydrogen) atoms. The van der Waals surface area contributed by atoms with Crippen LogP contribution in [0.3, 0.4) is 0 Å². The third-order valence-corrected chi connectivity index (χ3v) is 4.49. The van der Waals surface area contributed by atoms with Crippen molar-refractivity contribution in [1.29, 1.82) is 0 Å². The second-order valence-corrected chi connectivity index (χ2v) is 5.93. The number of halogens is 1. The summed E-state index contributed by atoms with van der Waals surface area (Å²) in [6, 6.07) is 26.9. The molecule has 4 rings (SSSR count). The topological polar surface area (TPSA) is 22.0 Å². The zero-order valence-electron chi connectivity index (χ0n) is 12.8. The summed E-state index contributed by atoms with van der Waals surface area (Å²) in [5.74, 6) is 0. The van der Waals surface area contributed by atoms with Crippen molar-refractivity contribution in [3.05, 3.63) is 100 Å². The minimum absolute atomic E-state index is 0.115. The summed E-state index contributed by atoms with van der Waals surface area (Å²) in [7, 11) is 0. The Hall–Kier alpha value is -2.84. The van der Waals surface area contributed by atoms with E-state index in [2.05, 4.69) is 0 Å². The molecule has 0 aliphatic rings. The molecule has 0 saturated heterocycles. The number of hydrogen-bond donors (Lipinski definition) is 0. The molecule has 2 nitrogen and oxygen atoms in total. The third-order valence-electron chi connectivity index (χ3n) is 4.09. The second kappa shape index (κ2) is 5.99.